The summed E-state index contributed by atoms with van der Waals surface area (Å²) in [6, 6.07) is 12.0. The third-order valence-corrected chi connectivity index (χ3v) is 4.69. The second-order valence-corrected chi connectivity index (χ2v) is 8.24. The molecule has 0 fully saturated rings. The lowest BCUT2D eigenvalue weighted by Gasteiger charge is -2.08. The molecule has 0 aliphatic rings. The zero-order valence-corrected chi connectivity index (χ0v) is 23.0. The smallest absolute Gasteiger partial charge is 0.416 e. The summed E-state index contributed by atoms with van der Waals surface area (Å²) in [6.07, 6.45) is 2.66. The number of amides is 1. The number of carbonyl (C=O) groups excluding carboxylic acids is 3. The van der Waals surface area contributed by atoms with E-state index in [-0.39, 0.29) is 12.5 Å². The summed E-state index contributed by atoms with van der Waals surface area (Å²) in [7, 11) is 0. The predicted molar refractivity (Wildman–Crippen MR) is 145 cm³/mol. The van der Waals surface area contributed by atoms with Crippen LogP contribution in [-0.4, -0.2) is 46.5 Å². The number of nitrogens with one attached hydrogen (secondary N) is 5. The van der Waals surface area contributed by atoms with Gasteiger partial charge in [0.25, 0.3) is 5.82 Å². The van der Waals surface area contributed by atoms with Gasteiger partial charge < -0.3 is 40.6 Å². The average molecular weight is 634 g/mol. The highest BCUT2D eigenvalue weighted by Gasteiger charge is 2.30. The zero-order chi connectivity index (χ0) is 33.8. The van der Waals surface area contributed by atoms with Crippen LogP contribution in [0.15, 0.2) is 91.4 Å². The van der Waals surface area contributed by atoms with Crippen molar-refractivity contribution in [2.45, 2.75) is 12.7 Å². The molecule has 0 aliphatic carbocycles. The molecule has 14 nitrogen and oxygen atoms in total. The van der Waals surface area contributed by atoms with Gasteiger partial charge in [0.2, 0.25) is 5.91 Å². The average Bonchev–Trinajstić information content (AvgIpc) is 2.97. The quantitative estimate of drug-likeness (QED) is 0.170. The number of benzene rings is 1. The first kappa shape index (κ1) is 36.9. The first-order valence-corrected chi connectivity index (χ1v) is 12.3. The Morgan fingerprint density at radius 2 is 1.42 bits per heavy atom. The van der Waals surface area contributed by atoms with Crippen LogP contribution in [0.5, 0.6) is 0 Å². The van der Waals surface area contributed by atoms with Gasteiger partial charge in [-0.3, -0.25) is 4.79 Å². The van der Waals surface area contributed by atoms with Gasteiger partial charge in [-0.1, -0.05) is 6.07 Å². The Morgan fingerprint density at radius 3 is 1.89 bits per heavy atom. The fourth-order valence-corrected chi connectivity index (χ4v) is 2.85. The second-order valence-electron chi connectivity index (χ2n) is 8.24. The van der Waals surface area contributed by atoms with Crippen LogP contribution in [0.3, 0.4) is 0 Å². The summed E-state index contributed by atoms with van der Waals surface area (Å²) >= 11 is 0. The first-order valence-electron chi connectivity index (χ1n) is 12.3. The standard InChI is InChI=1S/C20H18F3N5O.2C4H4O4/c21-20(22,23)15-2-1-3-16(10-15)27-18-5-4-17(12-26-18)28-19(29)13-25-11-14-6-8-24-9-7-14;2*5-3(6)1-2-4(7)8/h1-10,12,25H,11,13H2,(H,26,27)(H,28,29);2*1-2H,(H,5,6)(H,7,8)/b;2*2-1+. The number of hydrogen-bond acceptors (Lipinski definition) is 9. The maximum Gasteiger partial charge on any atom is 0.416 e. The number of alkyl halides is 3. The number of carbonyl (C=O) groups is 5. The van der Waals surface area contributed by atoms with Crippen LogP contribution in [0.2, 0.25) is 0 Å². The van der Waals surface area contributed by atoms with Gasteiger partial charge in [-0.2, -0.15) is 13.2 Å². The van der Waals surface area contributed by atoms with Crippen LogP contribution < -0.4 is 36.1 Å². The Morgan fingerprint density at radius 1 is 0.822 bits per heavy atom. The maximum atomic E-state index is 12.8. The van der Waals surface area contributed by atoms with Crippen molar-refractivity contribution in [2.24, 2.45) is 0 Å². The normalized spacial score (nSPS) is 10.6. The molecule has 0 saturated carbocycles. The van der Waals surface area contributed by atoms with Crippen LogP contribution in [0.1, 0.15) is 11.1 Å². The Labute approximate surface area is 252 Å². The highest BCUT2D eigenvalue weighted by Crippen LogP contribution is 2.31. The number of aromatic nitrogens is 2. The maximum absolute atomic E-state index is 12.8. The highest BCUT2D eigenvalue weighted by molar-refractivity contribution is 5.92. The minimum Gasteiger partial charge on any atom is -0.545 e. The molecule has 0 radical (unpaired) electrons. The van der Waals surface area contributed by atoms with Crippen LogP contribution in [0.25, 0.3) is 0 Å². The van der Waals surface area contributed by atoms with Crippen molar-refractivity contribution in [3.63, 3.8) is 0 Å². The number of H-pyrrole nitrogens is 2. The van der Waals surface area contributed by atoms with Crippen molar-refractivity contribution in [1.29, 1.82) is 0 Å². The van der Waals surface area contributed by atoms with E-state index in [4.69, 9.17) is 10.2 Å². The van der Waals surface area contributed by atoms with E-state index in [1.54, 1.807) is 18.3 Å². The van der Waals surface area contributed by atoms with Gasteiger partial charge in [-0.05, 0) is 42.0 Å². The second kappa shape index (κ2) is 19.2. The van der Waals surface area contributed by atoms with E-state index in [0.717, 1.165) is 17.7 Å². The van der Waals surface area contributed by atoms with Crippen molar-refractivity contribution < 1.29 is 67.5 Å². The molecule has 7 N–H and O–H groups in total. The number of aliphatic carboxylic acids is 4. The lowest BCUT2D eigenvalue weighted by Crippen LogP contribution is -2.28. The predicted octanol–water partition coefficient (Wildman–Crippen LogP) is -0.440. The molecule has 1 amide bonds. The third kappa shape index (κ3) is 18.1. The van der Waals surface area contributed by atoms with Crippen LogP contribution in [0.4, 0.5) is 30.4 Å². The number of halogens is 3. The van der Waals surface area contributed by atoms with Crippen LogP contribution in [0, 0.1) is 0 Å². The van der Waals surface area contributed by atoms with Gasteiger partial charge in [-0.25, -0.2) is 24.9 Å². The molecular weight excluding hydrogens is 607 g/mol. The molecule has 2 aromatic heterocycles. The topological polar surface area (TPSA) is 236 Å². The summed E-state index contributed by atoms with van der Waals surface area (Å²) in [5, 5.41) is 43.1. The summed E-state index contributed by atoms with van der Waals surface area (Å²) in [5.41, 5.74) is 1.17. The molecule has 0 saturated heterocycles. The lowest BCUT2D eigenvalue weighted by molar-refractivity contribution is -0.378. The molecule has 0 spiro atoms. The largest absolute Gasteiger partial charge is 0.545 e. The molecule has 45 heavy (non-hydrogen) atoms. The Balaban J connectivity index is 0.000000521. The van der Waals surface area contributed by atoms with E-state index in [1.807, 2.05) is 24.5 Å². The van der Waals surface area contributed by atoms with Gasteiger partial charge in [-0.15, -0.1) is 0 Å². The summed E-state index contributed by atoms with van der Waals surface area (Å²) in [4.78, 5) is 55.8. The SMILES string of the molecule is O=C(CNCc1cc[nH+]cc1)Nc1ccc(Nc2cccc(C(F)(F)F)c2)[nH+]c1.O=C([O-])/C=C/C(=O)O.O=C([O-])/C=C/C(=O)O. The van der Waals surface area contributed by atoms with Crippen molar-refractivity contribution in [3.05, 3.63) is 103 Å². The van der Waals surface area contributed by atoms with Crippen LogP contribution in [-0.2, 0) is 36.7 Å². The zero-order valence-electron chi connectivity index (χ0n) is 23.0. The molecule has 2 heterocycles. The van der Waals surface area contributed by atoms with Crippen LogP contribution >= 0.6 is 0 Å². The number of aromatic amines is 2. The molecule has 0 bridgehead atoms. The molecule has 3 rings (SSSR count). The van der Waals surface area contributed by atoms with Crippen molar-refractivity contribution in [1.82, 2.24) is 5.32 Å². The fraction of sp³-hybridized carbons (Fsp3) is 0.107. The van der Waals surface area contributed by atoms with E-state index in [2.05, 4.69) is 25.9 Å². The molecule has 0 atom stereocenters. The molecule has 0 aliphatic heterocycles. The number of hydrogen-bond donors (Lipinski definition) is 5. The molecule has 1 aromatic carbocycles. The van der Waals surface area contributed by atoms with Gasteiger partial charge in [0, 0.05) is 36.9 Å². The Hall–Kier alpha value is -6.10. The number of rotatable bonds is 11. The van der Waals surface area contributed by atoms with E-state index in [1.165, 1.54) is 12.1 Å². The minimum atomic E-state index is -4.40. The summed E-state index contributed by atoms with van der Waals surface area (Å²) in [6.45, 7) is 0.705. The van der Waals surface area contributed by atoms with E-state index >= 15 is 0 Å². The van der Waals surface area contributed by atoms with Gasteiger partial charge >= 0.3 is 18.1 Å². The highest BCUT2D eigenvalue weighted by atomic mass is 19.4. The first-order chi connectivity index (χ1) is 21.1. The Kier molecular flexibility index (Phi) is 15.7. The lowest BCUT2D eigenvalue weighted by atomic mass is 10.2. The number of pyridine rings is 2. The van der Waals surface area contributed by atoms with Crippen molar-refractivity contribution in [3.8, 4) is 0 Å². The van der Waals surface area contributed by atoms with Gasteiger partial charge in [0.05, 0.1) is 29.7 Å². The Bertz CT molecular complexity index is 1430. The minimum absolute atomic E-state index is 0.142. The molecule has 17 heteroatoms. The third-order valence-electron chi connectivity index (χ3n) is 4.69. The fourth-order valence-electron chi connectivity index (χ4n) is 2.85. The molecule has 3 aromatic rings. The van der Waals surface area contributed by atoms with E-state index < -0.39 is 35.6 Å². The number of carboxylic acids is 4. The molecule has 238 valence electrons. The number of anilines is 3. The van der Waals surface area contributed by atoms with Gasteiger partial charge in [0.15, 0.2) is 12.4 Å². The van der Waals surface area contributed by atoms with E-state index in [9.17, 15) is 47.4 Å². The number of carboxylic acid groups (broad SMARTS) is 4. The van der Waals surface area contributed by atoms with Crippen molar-refractivity contribution in [2.75, 3.05) is 17.2 Å². The summed E-state index contributed by atoms with van der Waals surface area (Å²) in [5.74, 6) is -5.33. The van der Waals surface area contributed by atoms with Crippen molar-refractivity contribution >= 4 is 47.0 Å². The molecule has 0 unspecified atom stereocenters. The molecular formula is C28H26F3N5O9. The van der Waals surface area contributed by atoms with E-state index in [0.29, 0.717) is 48.0 Å². The summed E-state index contributed by atoms with van der Waals surface area (Å²) < 4.78 is 38.4. The monoisotopic (exact) mass is 633 g/mol. The van der Waals surface area contributed by atoms with Gasteiger partial charge in [0.1, 0.15) is 11.9 Å².